The minimum Gasteiger partial charge on any atom is -0.467 e. The van der Waals surface area contributed by atoms with Crippen LogP contribution in [0.5, 0.6) is 0 Å². The molecular weight excluding hydrogens is 390 g/mol. The summed E-state index contributed by atoms with van der Waals surface area (Å²) in [6, 6.07) is 5.56. The highest BCUT2D eigenvalue weighted by atomic mass is 32.1. The topological polar surface area (TPSA) is 85.6 Å². The molecule has 0 aliphatic rings. The normalized spacial score (nSPS) is 11.5. The number of unbranched alkanes of at least 4 members (excludes halogenated alkanes) is 1. The molecule has 0 unspecified atom stereocenters. The van der Waals surface area contributed by atoms with Crippen LogP contribution in [0.1, 0.15) is 37.8 Å². The summed E-state index contributed by atoms with van der Waals surface area (Å²) in [6.45, 7) is 3.12. The minimum atomic E-state index is -0.0239. The van der Waals surface area contributed by atoms with Gasteiger partial charge in [-0.05, 0) is 30.0 Å². The summed E-state index contributed by atoms with van der Waals surface area (Å²) in [5, 5.41) is 10.5. The van der Waals surface area contributed by atoms with E-state index in [4.69, 9.17) is 4.42 Å². The van der Waals surface area contributed by atoms with Crippen LogP contribution in [-0.2, 0) is 24.3 Å². The second-order valence-electron chi connectivity index (χ2n) is 7.03. The largest absolute Gasteiger partial charge is 0.467 e. The predicted octanol–water partition coefficient (Wildman–Crippen LogP) is 3.09. The highest BCUT2D eigenvalue weighted by Gasteiger charge is 2.19. The third-order valence-electron chi connectivity index (χ3n) is 4.98. The molecule has 0 spiro atoms. The standard InChI is InChI=1S/C20H23N5O3S/c1-3-4-10-24-19(27)18-15(9-12-29-18)25-16(21-22-20(24)25)7-8-17(26)23(2)13-14-6-5-11-28-14/h5-6,9,11-12H,3-4,7-8,10,13H2,1-2H3. The molecule has 4 heterocycles. The van der Waals surface area contributed by atoms with Crippen LogP contribution in [0.25, 0.3) is 16.0 Å². The average molecular weight is 414 g/mol. The summed E-state index contributed by atoms with van der Waals surface area (Å²) >= 11 is 1.42. The zero-order valence-electron chi connectivity index (χ0n) is 16.5. The lowest BCUT2D eigenvalue weighted by Gasteiger charge is -2.15. The van der Waals surface area contributed by atoms with Gasteiger partial charge < -0.3 is 9.32 Å². The van der Waals surface area contributed by atoms with Gasteiger partial charge in [0, 0.05) is 26.4 Å². The summed E-state index contributed by atoms with van der Waals surface area (Å²) in [5.74, 6) is 1.97. The number of thiophene rings is 1. The maximum absolute atomic E-state index is 12.8. The molecular formula is C20H23N5O3S. The summed E-state index contributed by atoms with van der Waals surface area (Å²) in [5.41, 5.74) is 0.781. The maximum atomic E-state index is 12.8. The smallest absolute Gasteiger partial charge is 0.272 e. The van der Waals surface area contributed by atoms with Crippen molar-refractivity contribution >= 4 is 33.2 Å². The van der Waals surface area contributed by atoms with E-state index in [0.29, 0.717) is 42.2 Å². The van der Waals surface area contributed by atoms with E-state index in [1.807, 2.05) is 21.9 Å². The molecule has 0 bridgehead atoms. The molecule has 0 saturated heterocycles. The van der Waals surface area contributed by atoms with Crippen molar-refractivity contribution in [1.82, 2.24) is 24.1 Å². The number of aryl methyl sites for hydroxylation is 2. The summed E-state index contributed by atoms with van der Waals surface area (Å²) in [7, 11) is 1.76. The number of hydrogen-bond acceptors (Lipinski definition) is 6. The highest BCUT2D eigenvalue weighted by Crippen LogP contribution is 2.20. The number of carbonyl (C=O) groups is 1. The number of rotatable bonds is 8. The fourth-order valence-electron chi connectivity index (χ4n) is 3.39. The Bertz CT molecular complexity index is 1190. The maximum Gasteiger partial charge on any atom is 0.272 e. The molecule has 0 fully saturated rings. The van der Waals surface area contributed by atoms with E-state index in [1.165, 1.54) is 11.3 Å². The molecule has 0 aliphatic carbocycles. The molecule has 9 heteroatoms. The molecule has 8 nitrogen and oxygen atoms in total. The van der Waals surface area contributed by atoms with Crippen LogP contribution < -0.4 is 5.56 Å². The van der Waals surface area contributed by atoms with Crippen LogP contribution >= 0.6 is 11.3 Å². The van der Waals surface area contributed by atoms with Crippen molar-refractivity contribution in [3.63, 3.8) is 0 Å². The van der Waals surface area contributed by atoms with Gasteiger partial charge in [-0.1, -0.05) is 13.3 Å². The van der Waals surface area contributed by atoms with Crippen LogP contribution in [0.2, 0.25) is 0 Å². The molecule has 0 atom stereocenters. The van der Waals surface area contributed by atoms with Gasteiger partial charge in [0.2, 0.25) is 11.7 Å². The zero-order valence-corrected chi connectivity index (χ0v) is 17.3. The van der Waals surface area contributed by atoms with Crippen LogP contribution in [0, 0.1) is 0 Å². The summed E-state index contributed by atoms with van der Waals surface area (Å²) < 4.78 is 9.61. The molecule has 4 aromatic heterocycles. The van der Waals surface area contributed by atoms with E-state index in [1.54, 1.807) is 28.8 Å². The van der Waals surface area contributed by atoms with Gasteiger partial charge in [0.25, 0.3) is 5.56 Å². The number of carbonyl (C=O) groups excluding carboxylic acids is 1. The van der Waals surface area contributed by atoms with Gasteiger partial charge in [-0.3, -0.25) is 18.6 Å². The van der Waals surface area contributed by atoms with E-state index >= 15 is 0 Å². The lowest BCUT2D eigenvalue weighted by Crippen LogP contribution is -2.26. The Morgan fingerprint density at radius 2 is 2.17 bits per heavy atom. The first kappa shape index (κ1) is 19.4. The van der Waals surface area contributed by atoms with Crippen molar-refractivity contribution in [3.05, 3.63) is 51.8 Å². The highest BCUT2D eigenvalue weighted by molar-refractivity contribution is 7.17. The van der Waals surface area contributed by atoms with Crippen LogP contribution in [0.3, 0.4) is 0 Å². The van der Waals surface area contributed by atoms with Gasteiger partial charge in [-0.15, -0.1) is 21.5 Å². The molecule has 4 rings (SSSR count). The van der Waals surface area contributed by atoms with Gasteiger partial charge in [0.05, 0.1) is 18.3 Å². The minimum absolute atomic E-state index is 0.000910. The van der Waals surface area contributed by atoms with Crippen LogP contribution in [-0.4, -0.2) is 37.0 Å². The van der Waals surface area contributed by atoms with Crippen molar-refractivity contribution in [2.45, 2.75) is 45.7 Å². The molecule has 0 aliphatic heterocycles. The lowest BCUT2D eigenvalue weighted by molar-refractivity contribution is -0.130. The van der Waals surface area contributed by atoms with Crippen molar-refractivity contribution in [2.75, 3.05) is 7.05 Å². The Balaban J connectivity index is 1.60. The van der Waals surface area contributed by atoms with Crippen molar-refractivity contribution in [1.29, 1.82) is 0 Å². The Hall–Kier alpha value is -2.94. The quantitative estimate of drug-likeness (QED) is 0.443. The molecule has 1 amide bonds. The second kappa shape index (κ2) is 8.20. The zero-order chi connectivity index (χ0) is 20.4. The molecule has 0 N–H and O–H groups in total. The lowest BCUT2D eigenvalue weighted by atomic mass is 10.2. The third-order valence-corrected chi connectivity index (χ3v) is 5.87. The fraction of sp³-hybridized carbons (Fsp3) is 0.400. The molecule has 4 aromatic rings. The van der Waals surface area contributed by atoms with Crippen LogP contribution in [0.4, 0.5) is 0 Å². The van der Waals surface area contributed by atoms with Crippen LogP contribution in [0.15, 0.2) is 39.1 Å². The van der Waals surface area contributed by atoms with Gasteiger partial charge in [-0.25, -0.2) is 0 Å². The monoisotopic (exact) mass is 413 g/mol. The summed E-state index contributed by atoms with van der Waals surface area (Å²) in [4.78, 5) is 27.0. The van der Waals surface area contributed by atoms with Crippen molar-refractivity contribution in [3.8, 4) is 0 Å². The molecule has 152 valence electrons. The van der Waals surface area contributed by atoms with Crippen molar-refractivity contribution in [2.24, 2.45) is 0 Å². The first-order chi connectivity index (χ1) is 14.1. The Morgan fingerprint density at radius 1 is 1.31 bits per heavy atom. The molecule has 0 radical (unpaired) electrons. The number of aromatic nitrogens is 4. The van der Waals surface area contributed by atoms with Gasteiger partial charge in [0.15, 0.2) is 0 Å². The Kier molecular flexibility index (Phi) is 5.48. The first-order valence-electron chi connectivity index (χ1n) is 9.70. The van der Waals surface area contributed by atoms with Gasteiger partial charge in [-0.2, -0.15) is 0 Å². The molecule has 29 heavy (non-hydrogen) atoms. The SMILES string of the molecule is CCCCn1c(=O)c2sccc2n2c(CCC(=O)N(C)Cc3ccco3)nnc12. The number of furan rings is 1. The van der Waals surface area contributed by atoms with E-state index in [0.717, 1.165) is 24.1 Å². The second-order valence-corrected chi connectivity index (χ2v) is 7.94. The number of nitrogens with zero attached hydrogens (tertiary/aromatic N) is 5. The first-order valence-corrected chi connectivity index (χ1v) is 10.6. The average Bonchev–Trinajstić information content (AvgIpc) is 3.46. The van der Waals surface area contributed by atoms with Gasteiger partial charge in [0.1, 0.15) is 16.3 Å². The van der Waals surface area contributed by atoms with E-state index < -0.39 is 0 Å². The number of hydrogen-bond donors (Lipinski definition) is 0. The van der Waals surface area contributed by atoms with Gasteiger partial charge >= 0.3 is 0 Å². The Labute approximate surface area is 171 Å². The van der Waals surface area contributed by atoms with E-state index in [-0.39, 0.29) is 11.5 Å². The van der Waals surface area contributed by atoms with Crippen molar-refractivity contribution < 1.29 is 9.21 Å². The Morgan fingerprint density at radius 3 is 2.93 bits per heavy atom. The summed E-state index contributed by atoms with van der Waals surface area (Å²) in [6.07, 6.45) is 4.22. The van der Waals surface area contributed by atoms with E-state index in [2.05, 4.69) is 17.1 Å². The fourth-order valence-corrected chi connectivity index (χ4v) is 4.22. The molecule has 0 saturated carbocycles. The predicted molar refractivity (Wildman–Crippen MR) is 111 cm³/mol. The van der Waals surface area contributed by atoms with E-state index in [9.17, 15) is 9.59 Å². The number of amides is 1. The number of fused-ring (bicyclic) bond motifs is 3. The third kappa shape index (κ3) is 3.69. The molecule has 0 aromatic carbocycles.